The van der Waals surface area contributed by atoms with Crippen molar-refractivity contribution in [1.29, 1.82) is 0 Å². The molecule has 1 aromatic heterocycles. The molecule has 1 heterocycles. The highest BCUT2D eigenvalue weighted by molar-refractivity contribution is 5.85. The van der Waals surface area contributed by atoms with Gasteiger partial charge < -0.3 is 19.8 Å². The number of nitrogens with one attached hydrogen (secondary N) is 2. The van der Waals surface area contributed by atoms with Crippen LogP contribution in [0.25, 0.3) is 0 Å². The van der Waals surface area contributed by atoms with Crippen LogP contribution in [0.15, 0.2) is 22.8 Å². The number of hydrogen-bond donors (Lipinski definition) is 2. The number of carbonyl (C=O) groups excluding carboxylic acids is 2. The van der Waals surface area contributed by atoms with E-state index in [1.165, 1.54) is 6.26 Å². The summed E-state index contributed by atoms with van der Waals surface area (Å²) in [5.41, 5.74) is -0.589. The molecule has 1 unspecified atom stereocenters. The minimum Gasteiger partial charge on any atom is -0.467 e. The smallest absolute Gasteiger partial charge is 0.408 e. The van der Waals surface area contributed by atoms with Crippen LogP contribution in [0.2, 0.25) is 0 Å². The Morgan fingerprint density at radius 2 is 2.11 bits per heavy atom. The summed E-state index contributed by atoms with van der Waals surface area (Å²) in [4.78, 5) is 23.2. The lowest BCUT2D eigenvalue weighted by molar-refractivity contribution is -0.123. The standard InChI is InChI=1S/C13H20N2O4/c1-9(15-12(17)19-13(2,3)4)11(16)14-8-10-6-5-7-18-10/h5-7,9H,8H2,1-4H3,(H,14,16)(H,15,17). The van der Waals surface area contributed by atoms with Gasteiger partial charge in [0, 0.05) is 0 Å². The van der Waals surface area contributed by atoms with Gasteiger partial charge in [0.1, 0.15) is 17.4 Å². The number of rotatable bonds is 4. The second-order valence-corrected chi connectivity index (χ2v) is 5.17. The topological polar surface area (TPSA) is 80.6 Å². The van der Waals surface area contributed by atoms with Crippen LogP contribution in [-0.4, -0.2) is 23.6 Å². The monoisotopic (exact) mass is 268 g/mol. The maximum absolute atomic E-state index is 11.7. The fourth-order valence-corrected chi connectivity index (χ4v) is 1.29. The van der Waals surface area contributed by atoms with E-state index in [0.29, 0.717) is 5.76 Å². The van der Waals surface area contributed by atoms with E-state index in [2.05, 4.69) is 10.6 Å². The molecule has 0 fully saturated rings. The quantitative estimate of drug-likeness (QED) is 0.872. The van der Waals surface area contributed by atoms with Crippen molar-refractivity contribution in [3.8, 4) is 0 Å². The third kappa shape index (κ3) is 5.94. The van der Waals surface area contributed by atoms with Gasteiger partial charge in [0.05, 0.1) is 12.8 Å². The van der Waals surface area contributed by atoms with Crippen LogP contribution in [0, 0.1) is 0 Å². The molecule has 0 aromatic carbocycles. The third-order valence-electron chi connectivity index (χ3n) is 2.14. The van der Waals surface area contributed by atoms with E-state index >= 15 is 0 Å². The fraction of sp³-hybridized carbons (Fsp3) is 0.538. The van der Waals surface area contributed by atoms with Crippen molar-refractivity contribution >= 4 is 12.0 Å². The molecular weight excluding hydrogens is 248 g/mol. The summed E-state index contributed by atoms with van der Waals surface area (Å²) in [5.74, 6) is 0.347. The van der Waals surface area contributed by atoms with E-state index in [1.54, 1.807) is 39.8 Å². The number of furan rings is 1. The lowest BCUT2D eigenvalue weighted by Crippen LogP contribution is -2.46. The fourth-order valence-electron chi connectivity index (χ4n) is 1.29. The molecule has 0 radical (unpaired) electrons. The summed E-state index contributed by atoms with van der Waals surface area (Å²) in [6.07, 6.45) is 0.914. The van der Waals surface area contributed by atoms with E-state index < -0.39 is 17.7 Å². The minimum absolute atomic E-state index is 0.284. The van der Waals surface area contributed by atoms with Gasteiger partial charge in [0.2, 0.25) is 5.91 Å². The van der Waals surface area contributed by atoms with Crippen molar-refractivity contribution < 1.29 is 18.7 Å². The number of ether oxygens (including phenoxy) is 1. The van der Waals surface area contributed by atoms with E-state index in [9.17, 15) is 9.59 Å². The molecule has 0 aliphatic carbocycles. The first-order valence-electron chi connectivity index (χ1n) is 6.07. The molecule has 0 spiro atoms. The third-order valence-corrected chi connectivity index (χ3v) is 2.14. The molecule has 6 heteroatoms. The summed E-state index contributed by atoms with van der Waals surface area (Å²) in [5, 5.41) is 5.11. The summed E-state index contributed by atoms with van der Waals surface area (Å²) in [6, 6.07) is 2.82. The Hall–Kier alpha value is -1.98. The van der Waals surface area contributed by atoms with Crippen molar-refractivity contribution in [2.45, 2.75) is 45.9 Å². The minimum atomic E-state index is -0.676. The highest BCUT2D eigenvalue weighted by atomic mass is 16.6. The first-order valence-corrected chi connectivity index (χ1v) is 6.07. The van der Waals surface area contributed by atoms with Crippen LogP contribution in [0.3, 0.4) is 0 Å². The number of hydrogen-bond acceptors (Lipinski definition) is 4. The van der Waals surface area contributed by atoms with Crippen molar-refractivity contribution in [3.63, 3.8) is 0 Å². The molecule has 1 atom stereocenters. The maximum Gasteiger partial charge on any atom is 0.408 e. The summed E-state index contributed by atoms with van der Waals surface area (Å²) < 4.78 is 10.1. The van der Waals surface area contributed by atoms with Gasteiger partial charge in [-0.3, -0.25) is 4.79 Å². The summed E-state index contributed by atoms with van der Waals surface area (Å²) >= 11 is 0. The predicted octanol–water partition coefficient (Wildman–Crippen LogP) is 1.81. The molecule has 2 amide bonds. The molecule has 106 valence electrons. The van der Waals surface area contributed by atoms with E-state index in [4.69, 9.17) is 9.15 Å². The normalized spacial score (nSPS) is 12.6. The molecule has 2 N–H and O–H groups in total. The highest BCUT2D eigenvalue weighted by Gasteiger charge is 2.20. The van der Waals surface area contributed by atoms with E-state index in [-0.39, 0.29) is 12.5 Å². The van der Waals surface area contributed by atoms with Crippen LogP contribution >= 0.6 is 0 Å². The van der Waals surface area contributed by atoms with Gasteiger partial charge in [-0.15, -0.1) is 0 Å². The Bertz CT molecular complexity index is 420. The Morgan fingerprint density at radius 3 is 2.63 bits per heavy atom. The highest BCUT2D eigenvalue weighted by Crippen LogP contribution is 2.06. The van der Waals surface area contributed by atoms with E-state index in [0.717, 1.165) is 0 Å². The molecular formula is C13H20N2O4. The zero-order valence-electron chi connectivity index (χ0n) is 11.6. The van der Waals surface area contributed by atoms with Gasteiger partial charge >= 0.3 is 6.09 Å². The molecule has 1 rings (SSSR count). The van der Waals surface area contributed by atoms with Crippen molar-refractivity contribution in [3.05, 3.63) is 24.2 Å². The molecule has 0 aliphatic rings. The molecule has 1 aromatic rings. The van der Waals surface area contributed by atoms with Crippen LogP contribution < -0.4 is 10.6 Å². The average Bonchev–Trinajstić information content (AvgIpc) is 2.75. The van der Waals surface area contributed by atoms with E-state index in [1.807, 2.05) is 0 Å². The second kappa shape index (κ2) is 6.26. The lowest BCUT2D eigenvalue weighted by atomic mass is 10.2. The zero-order chi connectivity index (χ0) is 14.5. The van der Waals surface area contributed by atoms with Gasteiger partial charge in [0.25, 0.3) is 0 Å². The molecule has 0 aliphatic heterocycles. The van der Waals surface area contributed by atoms with Gasteiger partial charge in [0.15, 0.2) is 0 Å². The second-order valence-electron chi connectivity index (χ2n) is 5.17. The Kier molecular flexibility index (Phi) is 4.97. The van der Waals surface area contributed by atoms with Crippen LogP contribution in [0.1, 0.15) is 33.5 Å². The largest absolute Gasteiger partial charge is 0.467 e. The predicted molar refractivity (Wildman–Crippen MR) is 69.4 cm³/mol. The molecule has 6 nitrogen and oxygen atoms in total. The molecule has 0 bridgehead atoms. The van der Waals surface area contributed by atoms with Gasteiger partial charge in [-0.25, -0.2) is 4.79 Å². The Balaban J connectivity index is 2.34. The van der Waals surface area contributed by atoms with Crippen molar-refractivity contribution in [2.24, 2.45) is 0 Å². The number of carbonyl (C=O) groups is 2. The van der Waals surface area contributed by atoms with Gasteiger partial charge in [-0.05, 0) is 39.8 Å². The molecule has 0 saturated carbocycles. The Labute approximate surface area is 112 Å². The van der Waals surface area contributed by atoms with Crippen LogP contribution in [0.4, 0.5) is 4.79 Å². The SMILES string of the molecule is CC(NC(=O)OC(C)(C)C)C(=O)NCc1ccco1. The van der Waals surface area contributed by atoms with Crippen molar-refractivity contribution in [2.75, 3.05) is 0 Å². The number of amides is 2. The summed E-state index contributed by atoms with van der Waals surface area (Å²) in [6.45, 7) is 7.14. The van der Waals surface area contributed by atoms with Crippen molar-refractivity contribution in [1.82, 2.24) is 10.6 Å². The molecule has 19 heavy (non-hydrogen) atoms. The number of alkyl carbamates (subject to hydrolysis) is 1. The zero-order valence-corrected chi connectivity index (χ0v) is 11.6. The average molecular weight is 268 g/mol. The lowest BCUT2D eigenvalue weighted by Gasteiger charge is -2.21. The molecule has 0 saturated heterocycles. The Morgan fingerprint density at radius 1 is 1.42 bits per heavy atom. The maximum atomic E-state index is 11.7. The first kappa shape index (κ1) is 15.1. The van der Waals surface area contributed by atoms with Crippen LogP contribution in [0.5, 0.6) is 0 Å². The van der Waals surface area contributed by atoms with Gasteiger partial charge in [-0.1, -0.05) is 0 Å². The first-order chi connectivity index (χ1) is 8.78. The van der Waals surface area contributed by atoms with Gasteiger partial charge in [-0.2, -0.15) is 0 Å². The summed E-state index contributed by atoms with van der Waals surface area (Å²) in [7, 11) is 0. The van der Waals surface area contributed by atoms with Crippen LogP contribution in [-0.2, 0) is 16.1 Å².